The highest BCUT2D eigenvalue weighted by Crippen LogP contribution is 2.29. The van der Waals surface area contributed by atoms with Crippen LogP contribution in [0.1, 0.15) is 45.2 Å². The quantitative estimate of drug-likeness (QED) is 0.844. The fourth-order valence-corrected chi connectivity index (χ4v) is 2.80. The SMILES string of the molecule is CCOC1CC(NC(c2ccc(Cl)cc2)C(C)C)C1. The smallest absolute Gasteiger partial charge is 0.0604 e. The second-order valence-electron chi connectivity index (χ2n) is 5.69. The Bertz CT molecular complexity index is 384. The molecule has 3 heteroatoms. The van der Waals surface area contributed by atoms with Gasteiger partial charge in [-0.1, -0.05) is 37.6 Å². The molecule has 1 N–H and O–H groups in total. The van der Waals surface area contributed by atoms with Crippen LogP contribution in [0.2, 0.25) is 5.02 Å². The molecule has 1 aromatic carbocycles. The average molecular weight is 282 g/mol. The number of ether oxygens (including phenoxy) is 1. The molecule has 0 saturated heterocycles. The monoisotopic (exact) mass is 281 g/mol. The van der Waals surface area contributed by atoms with Crippen LogP contribution in [0.25, 0.3) is 0 Å². The first-order valence-corrected chi connectivity index (χ1v) is 7.61. The van der Waals surface area contributed by atoms with Crippen LogP contribution in [0.5, 0.6) is 0 Å². The zero-order valence-corrected chi connectivity index (χ0v) is 12.8. The molecule has 1 saturated carbocycles. The normalized spacial score (nSPS) is 24.3. The summed E-state index contributed by atoms with van der Waals surface area (Å²) in [5.74, 6) is 0.562. The summed E-state index contributed by atoms with van der Waals surface area (Å²) in [6, 6.07) is 9.16. The van der Waals surface area contributed by atoms with E-state index < -0.39 is 0 Å². The Balaban J connectivity index is 1.93. The van der Waals surface area contributed by atoms with Crippen molar-refractivity contribution in [3.63, 3.8) is 0 Å². The number of benzene rings is 1. The highest BCUT2D eigenvalue weighted by Gasteiger charge is 2.32. The maximum Gasteiger partial charge on any atom is 0.0604 e. The second-order valence-corrected chi connectivity index (χ2v) is 6.12. The molecule has 1 atom stereocenters. The van der Waals surface area contributed by atoms with Gasteiger partial charge in [0.15, 0.2) is 0 Å². The number of rotatable bonds is 6. The van der Waals surface area contributed by atoms with E-state index in [4.69, 9.17) is 16.3 Å². The molecule has 0 radical (unpaired) electrons. The number of hydrogen-bond acceptors (Lipinski definition) is 2. The van der Waals surface area contributed by atoms with Crippen LogP contribution in [-0.2, 0) is 4.74 Å². The van der Waals surface area contributed by atoms with E-state index in [1.807, 2.05) is 12.1 Å². The number of nitrogens with one attached hydrogen (secondary N) is 1. The van der Waals surface area contributed by atoms with Crippen LogP contribution < -0.4 is 5.32 Å². The zero-order chi connectivity index (χ0) is 13.8. The molecule has 106 valence electrons. The van der Waals surface area contributed by atoms with Gasteiger partial charge in [0.25, 0.3) is 0 Å². The average Bonchev–Trinajstić information content (AvgIpc) is 2.33. The topological polar surface area (TPSA) is 21.3 Å². The van der Waals surface area contributed by atoms with E-state index in [-0.39, 0.29) is 0 Å². The van der Waals surface area contributed by atoms with Crippen LogP contribution in [0.3, 0.4) is 0 Å². The molecule has 0 aliphatic heterocycles. The molecule has 1 fully saturated rings. The lowest BCUT2D eigenvalue weighted by Gasteiger charge is -2.39. The Labute approximate surface area is 121 Å². The summed E-state index contributed by atoms with van der Waals surface area (Å²) in [4.78, 5) is 0. The Kier molecular flexibility index (Phi) is 5.26. The number of hydrogen-bond donors (Lipinski definition) is 1. The van der Waals surface area contributed by atoms with Gasteiger partial charge in [-0.15, -0.1) is 0 Å². The molecular formula is C16H24ClNO. The molecule has 0 spiro atoms. The minimum Gasteiger partial charge on any atom is -0.378 e. The van der Waals surface area contributed by atoms with E-state index in [1.165, 1.54) is 5.56 Å². The largest absolute Gasteiger partial charge is 0.378 e. The van der Waals surface area contributed by atoms with Crippen LogP contribution in [0, 0.1) is 5.92 Å². The Morgan fingerprint density at radius 3 is 2.42 bits per heavy atom. The first-order valence-electron chi connectivity index (χ1n) is 7.23. The molecular weight excluding hydrogens is 258 g/mol. The van der Waals surface area contributed by atoms with Crippen LogP contribution in [0.15, 0.2) is 24.3 Å². The van der Waals surface area contributed by atoms with Crippen molar-refractivity contribution in [3.8, 4) is 0 Å². The van der Waals surface area contributed by atoms with Crippen molar-refractivity contribution in [3.05, 3.63) is 34.9 Å². The lowest BCUT2D eigenvalue weighted by atomic mass is 9.86. The third kappa shape index (κ3) is 3.95. The molecule has 1 unspecified atom stereocenters. The molecule has 0 heterocycles. The molecule has 0 amide bonds. The minimum absolute atomic E-state index is 0.393. The summed E-state index contributed by atoms with van der Waals surface area (Å²) in [5, 5.41) is 4.55. The summed E-state index contributed by atoms with van der Waals surface area (Å²) in [6.07, 6.45) is 2.72. The fraction of sp³-hybridized carbons (Fsp3) is 0.625. The standard InChI is InChI=1S/C16H24ClNO/c1-4-19-15-9-14(10-15)18-16(11(2)3)12-5-7-13(17)8-6-12/h5-8,11,14-16,18H,4,9-10H2,1-3H3. The van der Waals surface area contributed by atoms with E-state index in [0.717, 1.165) is 24.5 Å². The molecule has 1 aliphatic carbocycles. The molecule has 1 aromatic rings. The lowest BCUT2D eigenvalue weighted by molar-refractivity contribution is -0.0138. The van der Waals surface area contributed by atoms with Crippen LogP contribution in [-0.4, -0.2) is 18.8 Å². The van der Waals surface area contributed by atoms with Gasteiger partial charge in [-0.25, -0.2) is 0 Å². The van der Waals surface area contributed by atoms with Gasteiger partial charge in [0.05, 0.1) is 6.10 Å². The van der Waals surface area contributed by atoms with Gasteiger partial charge in [-0.05, 0) is 43.4 Å². The van der Waals surface area contributed by atoms with Gasteiger partial charge in [-0.3, -0.25) is 0 Å². The first kappa shape index (κ1) is 14.8. The predicted molar refractivity (Wildman–Crippen MR) is 80.6 cm³/mol. The summed E-state index contributed by atoms with van der Waals surface area (Å²) in [7, 11) is 0. The minimum atomic E-state index is 0.393. The summed E-state index contributed by atoms with van der Waals surface area (Å²) in [6.45, 7) is 7.39. The second kappa shape index (κ2) is 6.74. The third-order valence-corrected chi connectivity index (χ3v) is 4.06. The third-order valence-electron chi connectivity index (χ3n) is 3.81. The van der Waals surface area contributed by atoms with E-state index >= 15 is 0 Å². The maximum absolute atomic E-state index is 5.96. The molecule has 2 nitrogen and oxygen atoms in total. The van der Waals surface area contributed by atoms with Crippen molar-refractivity contribution in [2.24, 2.45) is 5.92 Å². The molecule has 19 heavy (non-hydrogen) atoms. The zero-order valence-electron chi connectivity index (χ0n) is 12.0. The van der Waals surface area contributed by atoms with Crippen molar-refractivity contribution in [1.29, 1.82) is 0 Å². The Hall–Kier alpha value is -0.570. The highest BCUT2D eigenvalue weighted by molar-refractivity contribution is 6.30. The van der Waals surface area contributed by atoms with Gasteiger partial charge < -0.3 is 10.1 Å². The first-order chi connectivity index (χ1) is 9.10. The molecule has 0 bridgehead atoms. The van der Waals surface area contributed by atoms with Crippen molar-refractivity contribution >= 4 is 11.6 Å². The Morgan fingerprint density at radius 2 is 1.89 bits per heavy atom. The number of halogens is 1. The van der Waals surface area contributed by atoms with Crippen molar-refractivity contribution in [2.45, 2.75) is 51.8 Å². The molecule has 0 aromatic heterocycles. The summed E-state index contributed by atoms with van der Waals surface area (Å²) >= 11 is 5.96. The van der Waals surface area contributed by atoms with Crippen LogP contribution in [0.4, 0.5) is 0 Å². The summed E-state index contributed by atoms with van der Waals surface area (Å²) < 4.78 is 5.61. The van der Waals surface area contributed by atoms with Gasteiger partial charge in [0, 0.05) is 23.7 Å². The van der Waals surface area contributed by atoms with E-state index in [2.05, 4.69) is 38.2 Å². The fourth-order valence-electron chi connectivity index (χ4n) is 2.67. The van der Waals surface area contributed by atoms with E-state index in [1.54, 1.807) is 0 Å². The van der Waals surface area contributed by atoms with E-state index in [0.29, 0.717) is 24.1 Å². The Morgan fingerprint density at radius 1 is 1.26 bits per heavy atom. The van der Waals surface area contributed by atoms with Crippen molar-refractivity contribution in [2.75, 3.05) is 6.61 Å². The lowest BCUT2D eigenvalue weighted by Crippen LogP contribution is -2.47. The van der Waals surface area contributed by atoms with Gasteiger partial charge in [0.1, 0.15) is 0 Å². The van der Waals surface area contributed by atoms with Gasteiger partial charge >= 0.3 is 0 Å². The molecule has 2 rings (SSSR count). The predicted octanol–water partition coefficient (Wildman–Crippen LogP) is 4.19. The van der Waals surface area contributed by atoms with Gasteiger partial charge in [0.2, 0.25) is 0 Å². The highest BCUT2D eigenvalue weighted by atomic mass is 35.5. The summed E-state index contributed by atoms with van der Waals surface area (Å²) in [5.41, 5.74) is 1.32. The van der Waals surface area contributed by atoms with Crippen molar-refractivity contribution in [1.82, 2.24) is 5.32 Å². The maximum atomic E-state index is 5.96. The van der Waals surface area contributed by atoms with Gasteiger partial charge in [-0.2, -0.15) is 0 Å². The molecule has 1 aliphatic rings. The van der Waals surface area contributed by atoms with Crippen molar-refractivity contribution < 1.29 is 4.74 Å². The van der Waals surface area contributed by atoms with E-state index in [9.17, 15) is 0 Å². The van der Waals surface area contributed by atoms with Crippen LogP contribution >= 0.6 is 11.6 Å².